The number of hydrogen-bond acceptors (Lipinski definition) is 2. The molecule has 1 aromatic carbocycles. The Balaban J connectivity index is 1.80. The molecule has 1 saturated heterocycles. The van der Waals surface area contributed by atoms with Gasteiger partial charge in [-0.2, -0.15) is 0 Å². The highest BCUT2D eigenvalue weighted by Gasteiger charge is 2.14. The quantitative estimate of drug-likeness (QED) is 0.839. The average Bonchev–Trinajstić information content (AvgIpc) is 2.74. The summed E-state index contributed by atoms with van der Waals surface area (Å²) in [5.41, 5.74) is 3.90. The van der Waals surface area contributed by atoms with Gasteiger partial charge < -0.3 is 10.1 Å². The lowest BCUT2D eigenvalue weighted by atomic mass is 10.1. The molecule has 88 valence electrons. The number of aryl methyl sites for hydroxylation is 2. The van der Waals surface area contributed by atoms with E-state index in [1.807, 2.05) is 0 Å². The molecule has 2 nitrogen and oxygen atoms in total. The van der Waals surface area contributed by atoms with Crippen LogP contribution in [-0.2, 0) is 4.74 Å². The van der Waals surface area contributed by atoms with Gasteiger partial charge in [-0.25, -0.2) is 0 Å². The van der Waals surface area contributed by atoms with E-state index in [-0.39, 0.29) is 0 Å². The normalized spacial score (nSPS) is 20.0. The van der Waals surface area contributed by atoms with Crippen LogP contribution in [0, 0.1) is 13.8 Å². The van der Waals surface area contributed by atoms with E-state index in [1.54, 1.807) is 0 Å². The lowest BCUT2D eigenvalue weighted by molar-refractivity contribution is 0.107. The van der Waals surface area contributed by atoms with Crippen LogP contribution in [0.4, 0.5) is 5.69 Å². The molecular weight excluding hydrogens is 198 g/mol. The van der Waals surface area contributed by atoms with Crippen LogP contribution < -0.4 is 5.32 Å². The van der Waals surface area contributed by atoms with Crippen LogP contribution in [0.15, 0.2) is 18.2 Å². The fourth-order valence-corrected chi connectivity index (χ4v) is 2.25. The summed E-state index contributed by atoms with van der Waals surface area (Å²) in [6.07, 6.45) is 4.06. The van der Waals surface area contributed by atoms with Crippen molar-refractivity contribution in [1.82, 2.24) is 0 Å². The molecule has 1 aliphatic rings. The third-order valence-corrected chi connectivity index (χ3v) is 3.19. The molecule has 0 amide bonds. The third-order valence-electron chi connectivity index (χ3n) is 3.19. The molecule has 16 heavy (non-hydrogen) atoms. The van der Waals surface area contributed by atoms with Gasteiger partial charge in [-0.3, -0.25) is 0 Å². The van der Waals surface area contributed by atoms with Gasteiger partial charge in [0, 0.05) is 18.8 Å². The largest absolute Gasteiger partial charge is 0.385 e. The minimum Gasteiger partial charge on any atom is -0.385 e. The average molecular weight is 219 g/mol. The molecule has 0 saturated carbocycles. The van der Waals surface area contributed by atoms with Crippen LogP contribution in [0.5, 0.6) is 0 Å². The van der Waals surface area contributed by atoms with Gasteiger partial charge in [0.2, 0.25) is 0 Å². The number of anilines is 1. The Morgan fingerprint density at radius 3 is 2.94 bits per heavy atom. The highest BCUT2D eigenvalue weighted by Crippen LogP contribution is 2.18. The first kappa shape index (κ1) is 11.5. The first-order valence-corrected chi connectivity index (χ1v) is 6.18. The lowest BCUT2D eigenvalue weighted by Gasteiger charge is -2.13. The first-order chi connectivity index (χ1) is 7.75. The summed E-state index contributed by atoms with van der Waals surface area (Å²) in [6, 6.07) is 6.54. The standard InChI is InChI=1S/C14H21NO/c1-11-5-6-14(12(2)10-11)15-8-7-13-4-3-9-16-13/h5-6,10,13,15H,3-4,7-9H2,1-2H3. The van der Waals surface area contributed by atoms with Crippen molar-refractivity contribution in [1.29, 1.82) is 0 Å². The molecule has 1 heterocycles. The molecule has 0 bridgehead atoms. The predicted octanol–water partition coefficient (Wildman–Crippen LogP) is 3.28. The highest BCUT2D eigenvalue weighted by atomic mass is 16.5. The van der Waals surface area contributed by atoms with Crippen molar-refractivity contribution in [3.05, 3.63) is 29.3 Å². The first-order valence-electron chi connectivity index (χ1n) is 6.18. The summed E-state index contributed by atoms with van der Waals surface area (Å²) in [5, 5.41) is 3.49. The van der Waals surface area contributed by atoms with Crippen molar-refractivity contribution in [3.8, 4) is 0 Å². The number of hydrogen-bond donors (Lipinski definition) is 1. The van der Waals surface area contributed by atoms with E-state index in [2.05, 4.69) is 37.4 Å². The molecule has 2 heteroatoms. The summed E-state index contributed by atoms with van der Waals surface area (Å²) < 4.78 is 5.60. The molecular formula is C14H21NO. The van der Waals surface area contributed by atoms with Gasteiger partial charge in [-0.15, -0.1) is 0 Å². The summed E-state index contributed by atoms with van der Waals surface area (Å²) >= 11 is 0. The van der Waals surface area contributed by atoms with Gasteiger partial charge in [0.15, 0.2) is 0 Å². The van der Waals surface area contributed by atoms with Gasteiger partial charge in [-0.05, 0) is 44.7 Å². The molecule has 1 fully saturated rings. The predicted molar refractivity (Wildman–Crippen MR) is 68.0 cm³/mol. The third kappa shape index (κ3) is 2.99. The van der Waals surface area contributed by atoms with E-state index in [1.165, 1.54) is 29.7 Å². The maximum Gasteiger partial charge on any atom is 0.0592 e. The maximum absolute atomic E-state index is 5.60. The molecule has 1 aliphatic heterocycles. The van der Waals surface area contributed by atoms with E-state index < -0.39 is 0 Å². The Kier molecular flexibility index (Phi) is 3.83. The highest BCUT2D eigenvalue weighted by molar-refractivity contribution is 5.51. The van der Waals surface area contributed by atoms with Crippen molar-refractivity contribution >= 4 is 5.69 Å². The summed E-state index contributed by atoms with van der Waals surface area (Å²) in [5.74, 6) is 0. The Bertz CT molecular complexity index is 343. The number of rotatable bonds is 4. The molecule has 0 aromatic heterocycles. The van der Waals surface area contributed by atoms with E-state index in [0.717, 1.165) is 19.6 Å². The van der Waals surface area contributed by atoms with Gasteiger partial charge in [0.05, 0.1) is 6.10 Å². The van der Waals surface area contributed by atoms with Crippen molar-refractivity contribution in [2.75, 3.05) is 18.5 Å². The van der Waals surface area contributed by atoms with E-state index in [0.29, 0.717) is 6.10 Å². The fraction of sp³-hybridized carbons (Fsp3) is 0.571. The van der Waals surface area contributed by atoms with Crippen LogP contribution in [-0.4, -0.2) is 19.3 Å². The van der Waals surface area contributed by atoms with E-state index in [9.17, 15) is 0 Å². The minimum absolute atomic E-state index is 0.484. The Morgan fingerprint density at radius 2 is 2.25 bits per heavy atom. The Labute approximate surface area is 98.0 Å². The van der Waals surface area contributed by atoms with Gasteiger partial charge in [0.25, 0.3) is 0 Å². The topological polar surface area (TPSA) is 21.3 Å². The van der Waals surface area contributed by atoms with E-state index >= 15 is 0 Å². The molecule has 2 rings (SSSR count). The van der Waals surface area contributed by atoms with Crippen LogP contribution in [0.2, 0.25) is 0 Å². The summed E-state index contributed by atoms with van der Waals surface area (Å²) in [4.78, 5) is 0. The fourth-order valence-electron chi connectivity index (χ4n) is 2.25. The SMILES string of the molecule is Cc1ccc(NCCC2CCCO2)c(C)c1. The number of benzene rings is 1. The lowest BCUT2D eigenvalue weighted by Crippen LogP contribution is -2.12. The second-order valence-corrected chi connectivity index (χ2v) is 4.67. The van der Waals surface area contributed by atoms with Crippen molar-refractivity contribution in [2.24, 2.45) is 0 Å². The van der Waals surface area contributed by atoms with Crippen LogP contribution >= 0.6 is 0 Å². The smallest absolute Gasteiger partial charge is 0.0592 e. The van der Waals surface area contributed by atoms with Crippen molar-refractivity contribution < 1.29 is 4.74 Å². The monoisotopic (exact) mass is 219 g/mol. The molecule has 1 unspecified atom stereocenters. The zero-order valence-electron chi connectivity index (χ0n) is 10.3. The van der Waals surface area contributed by atoms with Crippen molar-refractivity contribution in [3.63, 3.8) is 0 Å². The summed E-state index contributed by atoms with van der Waals surface area (Å²) in [6.45, 7) is 6.24. The molecule has 0 spiro atoms. The minimum atomic E-state index is 0.484. The number of ether oxygens (including phenoxy) is 1. The molecule has 0 aliphatic carbocycles. The van der Waals surface area contributed by atoms with Crippen molar-refractivity contribution in [2.45, 2.75) is 39.2 Å². The van der Waals surface area contributed by atoms with Crippen LogP contribution in [0.25, 0.3) is 0 Å². The second kappa shape index (κ2) is 5.35. The van der Waals surface area contributed by atoms with Gasteiger partial charge in [0.1, 0.15) is 0 Å². The Morgan fingerprint density at radius 1 is 1.38 bits per heavy atom. The number of nitrogens with one attached hydrogen (secondary N) is 1. The molecule has 1 aromatic rings. The van der Waals surface area contributed by atoms with Gasteiger partial charge in [-0.1, -0.05) is 17.7 Å². The van der Waals surface area contributed by atoms with Crippen LogP contribution in [0.1, 0.15) is 30.4 Å². The van der Waals surface area contributed by atoms with Gasteiger partial charge >= 0.3 is 0 Å². The molecule has 1 N–H and O–H groups in total. The Hall–Kier alpha value is -1.02. The second-order valence-electron chi connectivity index (χ2n) is 4.67. The molecule has 1 atom stereocenters. The molecule has 0 radical (unpaired) electrons. The van der Waals surface area contributed by atoms with Crippen LogP contribution in [0.3, 0.4) is 0 Å². The zero-order chi connectivity index (χ0) is 11.4. The maximum atomic E-state index is 5.60. The zero-order valence-corrected chi connectivity index (χ0v) is 10.3. The summed E-state index contributed by atoms with van der Waals surface area (Å²) in [7, 11) is 0. The van der Waals surface area contributed by atoms with E-state index in [4.69, 9.17) is 4.74 Å².